The quantitative estimate of drug-likeness (QED) is 0.737. The third kappa shape index (κ3) is 3.92. The largest absolute Gasteiger partial charge is 0.461 e. The second-order valence-corrected chi connectivity index (χ2v) is 8.00. The third-order valence-electron chi connectivity index (χ3n) is 4.02. The van der Waals surface area contributed by atoms with Crippen molar-refractivity contribution in [1.82, 2.24) is 9.21 Å². The van der Waals surface area contributed by atoms with E-state index in [-0.39, 0.29) is 41.1 Å². The van der Waals surface area contributed by atoms with E-state index >= 15 is 0 Å². The van der Waals surface area contributed by atoms with E-state index in [0.717, 1.165) is 12.1 Å². The average molecular weight is 387 g/mol. The number of carbonyl (C=O) groups excluding carboxylic acids is 1. The predicted molar refractivity (Wildman–Crippen MR) is 89.6 cm³/mol. The molecule has 0 saturated carbocycles. The van der Waals surface area contributed by atoms with Crippen LogP contribution in [0.5, 0.6) is 0 Å². The Labute approximate surface area is 149 Å². The SMILES string of the molecule is O=C(CN1CCN(S(=O)(=O)c2ccc(F)c(Cl)c2)CC1)c1ccco1. The van der Waals surface area contributed by atoms with Crippen LogP contribution < -0.4 is 0 Å². The third-order valence-corrected chi connectivity index (χ3v) is 6.21. The molecule has 1 aromatic heterocycles. The Morgan fingerprint density at radius 3 is 2.52 bits per heavy atom. The van der Waals surface area contributed by atoms with Crippen molar-refractivity contribution in [2.75, 3.05) is 32.7 Å². The van der Waals surface area contributed by atoms with Gasteiger partial charge in [0.05, 0.1) is 22.7 Å². The van der Waals surface area contributed by atoms with Gasteiger partial charge in [0.25, 0.3) is 0 Å². The molecule has 1 aliphatic rings. The molecule has 0 bridgehead atoms. The summed E-state index contributed by atoms with van der Waals surface area (Å²) in [6, 6.07) is 6.59. The van der Waals surface area contributed by atoms with Gasteiger partial charge in [0, 0.05) is 26.2 Å². The molecule has 9 heteroatoms. The van der Waals surface area contributed by atoms with Crippen molar-refractivity contribution < 1.29 is 22.0 Å². The summed E-state index contributed by atoms with van der Waals surface area (Å²) >= 11 is 5.68. The molecule has 1 aliphatic heterocycles. The van der Waals surface area contributed by atoms with Crippen LogP contribution in [0.1, 0.15) is 10.6 Å². The fraction of sp³-hybridized carbons (Fsp3) is 0.312. The summed E-state index contributed by atoms with van der Waals surface area (Å²) in [4.78, 5) is 13.9. The fourth-order valence-corrected chi connectivity index (χ4v) is 4.33. The van der Waals surface area contributed by atoms with Gasteiger partial charge in [0.1, 0.15) is 5.82 Å². The van der Waals surface area contributed by atoms with Crippen molar-refractivity contribution >= 4 is 27.4 Å². The molecule has 1 aromatic carbocycles. The van der Waals surface area contributed by atoms with Gasteiger partial charge in [-0.05, 0) is 30.3 Å². The number of rotatable bonds is 5. The zero-order valence-corrected chi connectivity index (χ0v) is 14.8. The molecular weight excluding hydrogens is 371 g/mol. The molecule has 6 nitrogen and oxygen atoms in total. The molecule has 25 heavy (non-hydrogen) atoms. The van der Waals surface area contributed by atoms with Crippen LogP contribution in [0.25, 0.3) is 0 Å². The average Bonchev–Trinajstić information content (AvgIpc) is 3.12. The lowest BCUT2D eigenvalue weighted by atomic mass is 10.2. The summed E-state index contributed by atoms with van der Waals surface area (Å²) in [6.07, 6.45) is 1.44. The molecule has 2 heterocycles. The highest BCUT2D eigenvalue weighted by molar-refractivity contribution is 7.89. The number of ketones is 1. The second kappa shape index (κ2) is 7.25. The van der Waals surface area contributed by atoms with Crippen molar-refractivity contribution in [1.29, 1.82) is 0 Å². The first kappa shape index (κ1) is 18.1. The number of Topliss-reactive ketones (excluding diaryl/α,β-unsaturated/α-hetero) is 1. The standard InChI is InChI=1S/C16H16ClFN2O4S/c17-13-10-12(3-4-14(13)18)25(22,23)20-7-5-19(6-8-20)11-15(21)16-2-1-9-24-16/h1-4,9-10H,5-8,11H2. The van der Waals surface area contributed by atoms with E-state index in [4.69, 9.17) is 16.0 Å². The Bertz CT molecular complexity index is 862. The normalized spacial score (nSPS) is 16.9. The molecule has 0 unspecified atom stereocenters. The van der Waals surface area contributed by atoms with Gasteiger partial charge in [0.2, 0.25) is 15.8 Å². The maximum absolute atomic E-state index is 13.2. The molecule has 1 fully saturated rings. The van der Waals surface area contributed by atoms with Gasteiger partial charge in [-0.15, -0.1) is 0 Å². The van der Waals surface area contributed by atoms with E-state index in [9.17, 15) is 17.6 Å². The minimum atomic E-state index is -3.74. The molecule has 0 radical (unpaired) electrons. The lowest BCUT2D eigenvalue weighted by molar-refractivity contribution is 0.0874. The van der Waals surface area contributed by atoms with Gasteiger partial charge in [-0.2, -0.15) is 4.31 Å². The number of piperazine rings is 1. The molecule has 1 saturated heterocycles. The number of benzene rings is 1. The molecule has 2 aromatic rings. The summed E-state index contributed by atoms with van der Waals surface area (Å²) in [6.45, 7) is 1.48. The van der Waals surface area contributed by atoms with Gasteiger partial charge >= 0.3 is 0 Å². The van der Waals surface area contributed by atoms with Crippen LogP contribution >= 0.6 is 11.6 Å². The molecular formula is C16H16ClFN2O4S. The Morgan fingerprint density at radius 1 is 1.20 bits per heavy atom. The first-order valence-corrected chi connectivity index (χ1v) is 9.44. The Kier molecular flexibility index (Phi) is 5.24. The van der Waals surface area contributed by atoms with Crippen LogP contribution in [0.2, 0.25) is 5.02 Å². The zero-order valence-electron chi connectivity index (χ0n) is 13.2. The summed E-state index contributed by atoms with van der Waals surface area (Å²) < 4.78 is 44.8. The maximum atomic E-state index is 13.2. The summed E-state index contributed by atoms with van der Waals surface area (Å²) in [7, 11) is -3.74. The number of sulfonamides is 1. The summed E-state index contributed by atoms with van der Waals surface area (Å²) in [5.74, 6) is -0.524. The maximum Gasteiger partial charge on any atom is 0.243 e. The van der Waals surface area contributed by atoms with Gasteiger partial charge < -0.3 is 4.42 Å². The van der Waals surface area contributed by atoms with Gasteiger partial charge in [-0.1, -0.05) is 11.6 Å². The van der Waals surface area contributed by atoms with Crippen molar-refractivity contribution in [2.45, 2.75) is 4.90 Å². The number of halogens is 2. The van der Waals surface area contributed by atoms with Crippen LogP contribution in [0.3, 0.4) is 0 Å². The summed E-state index contributed by atoms with van der Waals surface area (Å²) in [5, 5.41) is -0.233. The molecule has 134 valence electrons. The Balaban J connectivity index is 1.63. The number of furan rings is 1. The Hall–Kier alpha value is -1.74. The summed E-state index contributed by atoms with van der Waals surface area (Å²) in [5.41, 5.74) is 0. The monoisotopic (exact) mass is 386 g/mol. The van der Waals surface area contributed by atoms with E-state index in [1.54, 1.807) is 12.1 Å². The van der Waals surface area contributed by atoms with Crippen molar-refractivity contribution in [3.8, 4) is 0 Å². The van der Waals surface area contributed by atoms with Crippen LogP contribution in [-0.2, 0) is 10.0 Å². The molecule has 0 atom stereocenters. The predicted octanol–water partition coefficient (Wildman–Crippen LogP) is 2.26. The Morgan fingerprint density at radius 2 is 1.92 bits per heavy atom. The highest BCUT2D eigenvalue weighted by atomic mass is 35.5. The number of hydrogen-bond acceptors (Lipinski definition) is 5. The van der Waals surface area contributed by atoms with Crippen LogP contribution in [0.4, 0.5) is 4.39 Å². The van der Waals surface area contributed by atoms with E-state index in [0.29, 0.717) is 13.1 Å². The van der Waals surface area contributed by atoms with Crippen LogP contribution in [0, 0.1) is 5.82 Å². The zero-order chi connectivity index (χ0) is 18.0. The first-order chi connectivity index (χ1) is 11.9. The molecule has 0 amide bonds. The van der Waals surface area contributed by atoms with Gasteiger partial charge in [-0.3, -0.25) is 9.69 Å². The van der Waals surface area contributed by atoms with Gasteiger partial charge in [-0.25, -0.2) is 12.8 Å². The van der Waals surface area contributed by atoms with Crippen LogP contribution in [-0.4, -0.2) is 56.1 Å². The fourth-order valence-electron chi connectivity index (χ4n) is 2.63. The second-order valence-electron chi connectivity index (χ2n) is 5.66. The molecule has 0 N–H and O–H groups in total. The first-order valence-electron chi connectivity index (χ1n) is 7.62. The topological polar surface area (TPSA) is 70.8 Å². The minimum absolute atomic E-state index is 0.0426. The minimum Gasteiger partial charge on any atom is -0.461 e. The van der Waals surface area contributed by atoms with Crippen molar-refractivity contribution in [3.63, 3.8) is 0 Å². The number of carbonyl (C=O) groups is 1. The van der Waals surface area contributed by atoms with Crippen molar-refractivity contribution in [2.24, 2.45) is 0 Å². The number of hydrogen-bond donors (Lipinski definition) is 0. The van der Waals surface area contributed by atoms with E-state index in [1.165, 1.54) is 16.6 Å². The lowest BCUT2D eigenvalue weighted by Gasteiger charge is -2.33. The van der Waals surface area contributed by atoms with E-state index in [2.05, 4.69) is 0 Å². The highest BCUT2D eigenvalue weighted by Crippen LogP contribution is 2.23. The van der Waals surface area contributed by atoms with Crippen molar-refractivity contribution in [3.05, 3.63) is 53.2 Å². The highest BCUT2D eigenvalue weighted by Gasteiger charge is 2.29. The molecule has 0 spiro atoms. The van der Waals surface area contributed by atoms with E-state index < -0.39 is 15.8 Å². The van der Waals surface area contributed by atoms with E-state index in [1.807, 2.05) is 4.90 Å². The lowest BCUT2D eigenvalue weighted by Crippen LogP contribution is -2.49. The molecule has 0 aliphatic carbocycles. The smallest absolute Gasteiger partial charge is 0.243 e. The molecule has 3 rings (SSSR count). The number of nitrogens with zero attached hydrogens (tertiary/aromatic N) is 2. The van der Waals surface area contributed by atoms with Gasteiger partial charge in [0.15, 0.2) is 5.76 Å². The van der Waals surface area contributed by atoms with Crippen LogP contribution in [0.15, 0.2) is 45.9 Å².